The Kier molecular flexibility index (Phi) is 5.83. The monoisotopic (exact) mass is 284 g/mol. The minimum absolute atomic E-state index is 0.539. The summed E-state index contributed by atoms with van der Waals surface area (Å²) in [6.07, 6.45) is 2.20. The van der Waals surface area contributed by atoms with Gasteiger partial charge in [0.05, 0.1) is 6.61 Å². The Hall–Kier alpha value is -2.29. The number of aryl methyl sites for hydroxylation is 1. The van der Waals surface area contributed by atoms with Crippen molar-refractivity contribution in [2.45, 2.75) is 26.4 Å². The number of benzene rings is 2. The van der Waals surface area contributed by atoms with Crippen LogP contribution >= 0.6 is 0 Å². The Labute approximate surface area is 125 Å². The van der Waals surface area contributed by atoms with Crippen molar-refractivity contribution in [3.8, 4) is 11.5 Å². The van der Waals surface area contributed by atoms with Crippen LogP contribution in [0.15, 0.2) is 48.5 Å². The van der Waals surface area contributed by atoms with Gasteiger partial charge >= 0.3 is 0 Å². The number of carbonyl (C=O) groups is 1. The van der Waals surface area contributed by atoms with Crippen LogP contribution < -0.4 is 9.47 Å². The third kappa shape index (κ3) is 4.95. The van der Waals surface area contributed by atoms with Crippen LogP contribution in [0.1, 0.15) is 24.0 Å². The first kappa shape index (κ1) is 15.1. The van der Waals surface area contributed by atoms with Gasteiger partial charge in [-0.1, -0.05) is 30.3 Å². The zero-order valence-electron chi connectivity index (χ0n) is 12.2. The Bertz CT molecular complexity index is 564. The second-order valence-electron chi connectivity index (χ2n) is 4.86. The van der Waals surface area contributed by atoms with E-state index in [0.29, 0.717) is 19.6 Å². The smallest absolute Gasteiger partial charge is 0.122 e. The fourth-order valence-electron chi connectivity index (χ4n) is 1.97. The molecule has 0 aromatic heterocycles. The SMILES string of the molecule is Cc1cc(OCCCC=O)ccc1OCc1ccccc1. The molecule has 0 atom stereocenters. The number of unbranched alkanes of at least 4 members (excludes halogenated alkanes) is 1. The van der Waals surface area contributed by atoms with E-state index in [9.17, 15) is 4.79 Å². The quantitative estimate of drug-likeness (QED) is 0.544. The van der Waals surface area contributed by atoms with E-state index in [-0.39, 0.29) is 0 Å². The van der Waals surface area contributed by atoms with Gasteiger partial charge in [0.2, 0.25) is 0 Å². The van der Waals surface area contributed by atoms with Crippen LogP contribution in [-0.4, -0.2) is 12.9 Å². The van der Waals surface area contributed by atoms with Crippen LogP contribution in [0.2, 0.25) is 0 Å². The molecule has 0 N–H and O–H groups in total. The summed E-state index contributed by atoms with van der Waals surface area (Å²) in [5.74, 6) is 1.67. The molecule has 0 heterocycles. The molecule has 0 unspecified atom stereocenters. The van der Waals surface area contributed by atoms with Gasteiger partial charge in [0.15, 0.2) is 0 Å². The molecule has 0 saturated heterocycles. The predicted octanol–water partition coefficient (Wildman–Crippen LogP) is 3.93. The molecule has 3 nitrogen and oxygen atoms in total. The van der Waals surface area contributed by atoms with E-state index in [1.807, 2.05) is 55.5 Å². The molecule has 0 saturated carbocycles. The predicted molar refractivity (Wildman–Crippen MR) is 82.7 cm³/mol. The third-order valence-electron chi connectivity index (χ3n) is 3.12. The Morgan fingerprint density at radius 3 is 2.57 bits per heavy atom. The average Bonchev–Trinajstić information content (AvgIpc) is 2.52. The number of carbonyl (C=O) groups excluding carboxylic acids is 1. The first-order valence-corrected chi connectivity index (χ1v) is 7.13. The van der Waals surface area contributed by atoms with E-state index in [4.69, 9.17) is 9.47 Å². The van der Waals surface area contributed by atoms with Crippen molar-refractivity contribution >= 4 is 6.29 Å². The van der Waals surface area contributed by atoms with E-state index < -0.39 is 0 Å². The number of aldehydes is 1. The van der Waals surface area contributed by atoms with Gasteiger partial charge in [-0.15, -0.1) is 0 Å². The summed E-state index contributed by atoms with van der Waals surface area (Å²) in [6, 6.07) is 15.9. The van der Waals surface area contributed by atoms with Crippen LogP contribution in [0.5, 0.6) is 11.5 Å². The summed E-state index contributed by atoms with van der Waals surface area (Å²) in [4.78, 5) is 10.2. The summed E-state index contributed by atoms with van der Waals surface area (Å²) >= 11 is 0. The summed E-state index contributed by atoms with van der Waals surface area (Å²) in [5.41, 5.74) is 2.19. The summed E-state index contributed by atoms with van der Waals surface area (Å²) < 4.78 is 11.4. The van der Waals surface area contributed by atoms with Gasteiger partial charge < -0.3 is 14.3 Å². The lowest BCUT2D eigenvalue weighted by atomic mass is 10.2. The molecule has 0 aliphatic rings. The molecule has 0 bridgehead atoms. The van der Waals surface area contributed by atoms with E-state index in [1.165, 1.54) is 0 Å². The normalized spacial score (nSPS) is 10.1. The Morgan fingerprint density at radius 1 is 1.05 bits per heavy atom. The van der Waals surface area contributed by atoms with Crippen molar-refractivity contribution in [3.05, 3.63) is 59.7 Å². The highest BCUT2D eigenvalue weighted by Crippen LogP contribution is 2.24. The second kappa shape index (κ2) is 8.10. The van der Waals surface area contributed by atoms with Crippen LogP contribution in [-0.2, 0) is 11.4 Å². The molecule has 0 spiro atoms. The topological polar surface area (TPSA) is 35.5 Å². The number of hydrogen-bond donors (Lipinski definition) is 0. The largest absolute Gasteiger partial charge is 0.494 e. The lowest BCUT2D eigenvalue weighted by Crippen LogP contribution is -2.00. The minimum Gasteiger partial charge on any atom is -0.494 e. The molecule has 2 aromatic carbocycles. The van der Waals surface area contributed by atoms with Gasteiger partial charge in [0, 0.05) is 6.42 Å². The lowest BCUT2D eigenvalue weighted by Gasteiger charge is -2.11. The molecule has 0 aliphatic carbocycles. The molecular formula is C18H20O3. The highest BCUT2D eigenvalue weighted by atomic mass is 16.5. The van der Waals surface area contributed by atoms with E-state index >= 15 is 0 Å². The molecule has 0 aliphatic heterocycles. The van der Waals surface area contributed by atoms with Gasteiger partial charge in [-0.25, -0.2) is 0 Å². The van der Waals surface area contributed by atoms with Crippen molar-refractivity contribution in [2.75, 3.05) is 6.61 Å². The Morgan fingerprint density at radius 2 is 1.86 bits per heavy atom. The molecule has 2 aromatic rings. The van der Waals surface area contributed by atoms with E-state index in [2.05, 4.69) is 0 Å². The van der Waals surface area contributed by atoms with Crippen molar-refractivity contribution in [1.82, 2.24) is 0 Å². The van der Waals surface area contributed by atoms with Crippen molar-refractivity contribution in [3.63, 3.8) is 0 Å². The molecule has 0 fully saturated rings. The first-order valence-electron chi connectivity index (χ1n) is 7.13. The Balaban J connectivity index is 1.88. The van der Waals surface area contributed by atoms with Crippen LogP contribution in [0.25, 0.3) is 0 Å². The standard InChI is InChI=1S/C18H20O3/c1-15-13-17(20-12-6-5-11-19)9-10-18(15)21-14-16-7-3-2-4-8-16/h2-4,7-11,13H,5-6,12,14H2,1H3. The summed E-state index contributed by atoms with van der Waals surface area (Å²) in [6.45, 7) is 3.11. The molecule has 0 radical (unpaired) electrons. The lowest BCUT2D eigenvalue weighted by molar-refractivity contribution is -0.108. The van der Waals surface area contributed by atoms with Crippen LogP contribution in [0.3, 0.4) is 0 Å². The fourth-order valence-corrected chi connectivity index (χ4v) is 1.97. The average molecular weight is 284 g/mol. The maximum Gasteiger partial charge on any atom is 0.122 e. The van der Waals surface area contributed by atoms with Gasteiger partial charge in [-0.05, 0) is 42.7 Å². The van der Waals surface area contributed by atoms with Gasteiger partial charge in [0.1, 0.15) is 24.4 Å². The zero-order valence-corrected chi connectivity index (χ0v) is 12.2. The molecule has 110 valence electrons. The van der Waals surface area contributed by atoms with E-state index in [0.717, 1.165) is 35.3 Å². The maximum absolute atomic E-state index is 10.2. The highest BCUT2D eigenvalue weighted by Gasteiger charge is 2.03. The fraction of sp³-hybridized carbons (Fsp3) is 0.278. The van der Waals surface area contributed by atoms with E-state index in [1.54, 1.807) is 0 Å². The molecule has 21 heavy (non-hydrogen) atoms. The van der Waals surface area contributed by atoms with Crippen LogP contribution in [0.4, 0.5) is 0 Å². The van der Waals surface area contributed by atoms with Crippen molar-refractivity contribution < 1.29 is 14.3 Å². The van der Waals surface area contributed by atoms with Gasteiger partial charge in [0.25, 0.3) is 0 Å². The second-order valence-corrected chi connectivity index (χ2v) is 4.86. The first-order chi connectivity index (χ1) is 10.3. The van der Waals surface area contributed by atoms with Crippen molar-refractivity contribution in [2.24, 2.45) is 0 Å². The molecule has 0 amide bonds. The summed E-state index contributed by atoms with van der Waals surface area (Å²) in [5, 5.41) is 0. The molecule has 2 rings (SSSR count). The number of rotatable bonds is 8. The molecular weight excluding hydrogens is 264 g/mol. The maximum atomic E-state index is 10.2. The highest BCUT2D eigenvalue weighted by molar-refractivity contribution is 5.49. The third-order valence-corrected chi connectivity index (χ3v) is 3.12. The minimum atomic E-state index is 0.539. The van der Waals surface area contributed by atoms with Crippen LogP contribution in [0, 0.1) is 6.92 Å². The number of ether oxygens (including phenoxy) is 2. The van der Waals surface area contributed by atoms with Gasteiger partial charge in [-0.3, -0.25) is 0 Å². The zero-order chi connectivity index (χ0) is 14.9. The number of hydrogen-bond acceptors (Lipinski definition) is 3. The van der Waals surface area contributed by atoms with Gasteiger partial charge in [-0.2, -0.15) is 0 Å². The summed E-state index contributed by atoms with van der Waals surface area (Å²) in [7, 11) is 0. The molecule has 3 heteroatoms. The van der Waals surface area contributed by atoms with Crippen molar-refractivity contribution in [1.29, 1.82) is 0 Å².